The molecule has 2 unspecified atom stereocenters. The number of hydrogen-bond acceptors (Lipinski definition) is 3. The Bertz CT molecular complexity index is 371. The van der Waals surface area contributed by atoms with Crippen LogP contribution >= 0.6 is 0 Å². The van der Waals surface area contributed by atoms with Gasteiger partial charge in [-0.05, 0) is 32.1 Å². The maximum absolute atomic E-state index is 12.6. The van der Waals surface area contributed by atoms with E-state index in [9.17, 15) is 31.9 Å². The molecule has 0 rings (SSSR count). The van der Waals surface area contributed by atoms with Gasteiger partial charge in [0.1, 0.15) is 6.04 Å². The fraction of sp³-hybridized carbons (Fsp3) is 0.769. The maximum atomic E-state index is 12.6. The number of carbonyl (C=O) groups is 1. The second-order valence-corrected chi connectivity index (χ2v) is 4.93. The number of hydrogen-bond donors (Lipinski definition) is 3. The summed E-state index contributed by atoms with van der Waals surface area (Å²) in [5.74, 6) is -5.98. The second-order valence-electron chi connectivity index (χ2n) is 4.93. The molecule has 9 heteroatoms. The quantitative estimate of drug-likeness (QED) is 0.326. The first-order valence-electron chi connectivity index (χ1n) is 6.75. The normalized spacial score (nSPS) is 16.0. The van der Waals surface area contributed by atoms with Crippen molar-refractivity contribution in [3.63, 3.8) is 0 Å². The third-order valence-electron chi connectivity index (χ3n) is 3.02. The number of rotatable bonds is 10. The molecule has 0 amide bonds. The van der Waals surface area contributed by atoms with Gasteiger partial charge in [0.2, 0.25) is 0 Å². The van der Waals surface area contributed by atoms with E-state index in [1.807, 2.05) is 0 Å². The van der Waals surface area contributed by atoms with Crippen LogP contribution in [-0.2, 0) is 4.79 Å². The Balaban J connectivity index is 3.79. The summed E-state index contributed by atoms with van der Waals surface area (Å²) in [5, 5.41) is 17.9. The van der Waals surface area contributed by atoms with E-state index in [1.54, 1.807) is 12.2 Å². The van der Waals surface area contributed by atoms with Gasteiger partial charge < -0.3 is 15.9 Å². The number of aliphatic hydroxyl groups is 1. The third-order valence-corrected chi connectivity index (χ3v) is 3.02. The highest BCUT2D eigenvalue weighted by Crippen LogP contribution is 2.39. The van der Waals surface area contributed by atoms with Gasteiger partial charge in [-0.2, -0.15) is 22.0 Å². The number of carboxylic acids is 1. The van der Waals surface area contributed by atoms with Crippen LogP contribution in [0.2, 0.25) is 0 Å². The van der Waals surface area contributed by atoms with Crippen LogP contribution in [0.3, 0.4) is 0 Å². The summed E-state index contributed by atoms with van der Waals surface area (Å²) >= 11 is 0. The number of alkyl halides is 5. The zero-order valence-electron chi connectivity index (χ0n) is 11.8. The van der Waals surface area contributed by atoms with Gasteiger partial charge in [-0.3, -0.25) is 4.79 Å². The molecule has 0 spiro atoms. The van der Waals surface area contributed by atoms with Gasteiger partial charge in [0.25, 0.3) is 0 Å². The second kappa shape index (κ2) is 9.04. The van der Waals surface area contributed by atoms with E-state index < -0.39 is 36.6 Å². The van der Waals surface area contributed by atoms with Gasteiger partial charge in [0.05, 0.1) is 6.10 Å². The minimum atomic E-state index is -5.51. The molecule has 0 aliphatic rings. The Morgan fingerprint density at radius 3 is 2.14 bits per heavy atom. The minimum Gasteiger partial charge on any atom is -0.480 e. The van der Waals surface area contributed by atoms with Crippen molar-refractivity contribution in [2.24, 2.45) is 5.73 Å². The SMILES string of the molecule is NC(C(=O)O)C(O)CC/C=C/CCCCC(F)(F)C(F)(F)F. The highest BCUT2D eigenvalue weighted by Gasteiger charge is 2.56. The van der Waals surface area contributed by atoms with E-state index in [0.717, 1.165) is 0 Å². The first-order valence-corrected chi connectivity index (χ1v) is 6.75. The molecular formula is C13H20F5NO3. The molecule has 0 aromatic carbocycles. The van der Waals surface area contributed by atoms with Crippen LogP contribution in [-0.4, -0.2) is 40.4 Å². The van der Waals surface area contributed by atoms with Crippen LogP contribution in [0.15, 0.2) is 12.2 Å². The van der Waals surface area contributed by atoms with Gasteiger partial charge in [-0.25, -0.2) is 0 Å². The number of halogens is 5. The Morgan fingerprint density at radius 1 is 1.09 bits per heavy atom. The van der Waals surface area contributed by atoms with Crippen molar-refractivity contribution in [3.8, 4) is 0 Å². The number of allylic oxidation sites excluding steroid dienone is 2. The molecule has 130 valence electrons. The average molecular weight is 333 g/mol. The van der Waals surface area contributed by atoms with E-state index in [1.165, 1.54) is 0 Å². The molecule has 0 aliphatic carbocycles. The summed E-state index contributed by atoms with van der Waals surface area (Å²) in [6, 6.07) is -1.38. The fourth-order valence-electron chi connectivity index (χ4n) is 1.60. The van der Waals surface area contributed by atoms with Crippen LogP contribution < -0.4 is 5.73 Å². The lowest BCUT2D eigenvalue weighted by atomic mass is 10.1. The molecule has 2 atom stereocenters. The Morgan fingerprint density at radius 2 is 1.64 bits per heavy atom. The Hall–Kier alpha value is -1.22. The average Bonchev–Trinajstić information content (AvgIpc) is 2.39. The van der Waals surface area contributed by atoms with Crippen molar-refractivity contribution in [1.82, 2.24) is 0 Å². The molecule has 0 bridgehead atoms. The lowest BCUT2D eigenvalue weighted by molar-refractivity contribution is -0.284. The highest BCUT2D eigenvalue weighted by atomic mass is 19.4. The zero-order valence-corrected chi connectivity index (χ0v) is 11.8. The molecule has 0 radical (unpaired) electrons. The van der Waals surface area contributed by atoms with E-state index >= 15 is 0 Å². The summed E-state index contributed by atoms with van der Waals surface area (Å²) in [6.07, 6.45) is -4.06. The lowest BCUT2D eigenvalue weighted by Gasteiger charge is -2.18. The molecule has 22 heavy (non-hydrogen) atoms. The lowest BCUT2D eigenvalue weighted by Crippen LogP contribution is -2.41. The van der Waals surface area contributed by atoms with Crippen molar-refractivity contribution >= 4 is 5.97 Å². The van der Waals surface area contributed by atoms with Crippen molar-refractivity contribution in [3.05, 3.63) is 12.2 Å². The van der Waals surface area contributed by atoms with Gasteiger partial charge in [0.15, 0.2) is 0 Å². The summed E-state index contributed by atoms with van der Waals surface area (Å²) in [5.41, 5.74) is 5.18. The van der Waals surface area contributed by atoms with Crippen LogP contribution in [0, 0.1) is 0 Å². The molecule has 0 fully saturated rings. The number of aliphatic hydroxyl groups excluding tert-OH is 1. The van der Waals surface area contributed by atoms with Gasteiger partial charge in [-0.1, -0.05) is 12.2 Å². The van der Waals surface area contributed by atoms with E-state index in [2.05, 4.69) is 0 Å². The standard InChI is InChI=1S/C13H20F5NO3/c14-12(15,13(16,17)18)8-6-4-2-1-3-5-7-9(20)10(19)11(21)22/h1,3,9-10,20H,2,4-8,19H2,(H,21,22)/b3-1+. The molecule has 0 aromatic rings. The Labute approximate surface area is 124 Å². The highest BCUT2D eigenvalue weighted by molar-refractivity contribution is 5.73. The number of unbranched alkanes of at least 4 members (excludes halogenated alkanes) is 2. The topological polar surface area (TPSA) is 83.6 Å². The molecule has 0 saturated heterocycles. The zero-order chi connectivity index (χ0) is 17.4. The fourth-order valence-corrected chi connectivity index (χ4v) is 1.60. The first kappa shape index (κ1) is 20.8. The molecule has 0 aliphatic heterocycles. The largest absolute Gasteiger partial charge is 0.480 e. The van der Waals surface area contributed by atoms with Crippen LogP contribution in [0.5, 0.6) is 0 Å². The maximum Gasteiger partial charge on any atom is 0.453 e. The van der Waals surface area contributed by atoms with Crippen LogP contribution in [0.4, 0.5) is 22.0 Å². The first-order chi connectivity index (χ1) is 9.99. The predicted octanol–water partition coefficient (Wildman–Crippen LogP) is 2.85. The number of carboxylic acid groups (broad SMARTS) is 1. The molecular weight excluding hydrogens is 313 g/mol. The van der Waals surface area contributed by atoms with Crippen LogP contribution in [0.25, 0.3) is 0 Å². The Kier molecular flexibility index (Phi) is 8.54. The molecule has 0 saturated carbocycles. The van der Waals surface area contributed by atoms with E-state index in [-0.39, 0.29) is 19.3 Å². The summed E-state index contributed by atoms with van der Waals surface area (Å²) in [7, 11) is 0. The summed E-state index contributed by atoms with van der Waals surface area (Å²) in [4.78, 5) is 10.5. The van der Waals surface area contributed by atoms with Gasteiger partial charge in [0, 0.05) is 6.42 Å². The molecule has 0 heterocycles. The van der Waals surface area contributed by atoms with Crippen molar-refractivity contribution in [1.29, 1.82) is 0 Å². The van der Waals surface area contributed by atoms with E-state index in [0.29, 0.717) is 12.8 Å². The smallest absolute Gasteiger partial charge is 0.453 e. The molecule has 0 aromatic heterocycles. The molecule has 4 nitrogen and oxygen atoms in total. The monoisotopic (exact) mass is 333 g/mol. The van der Waals surface area contributed by atoms with Crippen LogP contribution in [0.1, 0.15) is 38.5 Å². The predicted molar refractivity (Wildman–Crippen MR) is 69.5 cm³/mol. The molecule has 4 N–H and O–H groups in total. The minimum absolute atomic E-state index is 0.121. The number of nitrogens with two attached hydrogens (primary N) is 1. The summed E-state index contributed by atoms with van der Waals surface area (Å²) < 4.78 is 60.7. The third kappa shape index (κ3) is 7.69. The van der Waals surface area contributed by atoms with E-state index in [4.69, 9.17) is 10.8 Å². The van der Waals surface area contributed by atoms with Crippen molar-refractivity contribution in [2.75, 3.05) is 0 Å². The number of aliphatic carboxylic acids is 1. The van der Waals surface area contributed by atoms with Crippen molar-refractivity contribution < 1.29 is 37.0 Å². The van der Waals surface area contributed by atoms with Crippen molar-refractivity contribution in [2.45, 2.75) is 62.8 Å². The van der Waals surface area contributed by atoms with Gasteiger partial charge >= 0.3 is 18.1 Å². The van der Waals surface area contributed by atoms with Gasteiger partial charge in [-0.15, -0.1) is 0 Å². The summed E-state index contributed by atoms with van der Waals surface area (Å²) in [6.45, 7) is 0.